The van der Waals surface area contributed by atoms with Crippen LogP contribution in [0.25, 0.3) is 0 Å². The highest BCUT2D eigenvalue weighted by atomic mass is 32.2. The molecule has 4 rings (SSSR count). The zero-order chi connectivity index (χ0) is 30.8. The average Bonchev–Trinajstić information content (AvgIpc) is 2.95. The summed E-state index contributed by atoms with van der Waals surface area (Å²) >= 11 is 0. The molecule has 0 saturated heterocycles. The lowest BCUT2D eigenvalue weighted by Crippen LogP contribution is -2.50. The number of fused-ring (bicyclic) bond motifs is 1. The summed E-state index contributed by atoms with van der Waals surface area (Å²) in [6.45, 7) is 2.92. The molecule has 42 heavy (non-hydrogen) atoms. The van der Waals surface area contributed by atoms with Crippen LogP contribution >= 0.6 is 0 Å². The van der Waals surface area contributed by atoms with E-state index in [1.165, 1.54) is 30.1 Å². The second-order valence-corrected chi connectivity index (χ2v) is 13.8. The van der Waals surface area contributed by atoms with Gasteiger partial charge in [-0.1, -0.05) is 13.0 Å². The number of rotatable bonds is 9. The van der Waals surface area contributed by atoms with Crippen molar-refractivity contribution in [3.8, 4) is 5.75 Å². The van der Waals surface area contributed by atoms with Crippen molar-refractivity contribution >= 4 is 31.6 Å². The Morgan fingerprint density at radius 3 is 2.14 bits per heavy atom. The minimum absolute atomic E-state index is 0.00412. The van der Waals surface area contributed by atoms with Gasteiger partial charge < -0.3 is 14.7 Å². The van der Waals surface area contributed by atoms with E-state index in [2.05, 4.69) is 4.72 Å². The molecule has 0 aromatic heterocycles. The number of amides is 1. The molecule has 0 aliphatic carbocycles. The third kappa shape index (κ3) is 6.56. The van der Waals surface area contributed by atoms with Crippen molar-refractivity contribution in [2.75, 3.05) is 31.5 Å². The normalized spacial score (nSPS) is 18.5. The Labute approximate surface area is 243 Å². The van der Waals surface area contributed by atoms with E-state index in [0.717, 1.165) is 52.8 Å². The number of hydrogen-bond donors (Lipinski definition) is 2. The molecule has 10 nitrogen and oxygen atoms in total. The van der Waals surface area contributed by atoms with Gasteiger partial charge in [0.25, 0.3) is 15.9 Å². The Morgan fingerprint density at radius 1 is 1.00 bits per heavy atom. The molecule has 2 N–H and O–H groups in total. The number of aliphatic hydroxyl groups is 1. The van der Waals surface area contributed by atoms with Gasteiger partial charge in [-0.2, -0.15) is 4.31 Å². The highest BCUT2D eigenvalue weighted by molar-refractivity contribution is 7.92. The first-order chi connectivity index (χ1) is 19.7. The van der Waals surface area contributed by atoms with Crippen LogP contribution in [0.5, 0.6) is 5.75 Å². The maximum absolute atomic E-state index is 13.6. The summed E-state index contributed by atoms with van der Waals surface area (Å²) in [7, 11) is -7.00. The number of hydrogen-bond acceptors (Lipinski definition) is 7. The smallest absolute Gasteiger partial charge is 0.262 e. The average molecular weight is 624 g/mol. The maximum atomic E-state index is 13.6. The van der Waals surface area contributed by atoms with E-state index in [4.69, 9.17) is 4.74 Å². The van der Waals surface area contributed by atoms with Gasteiger partial charge in [0.05, 0.1) is 40.2 Å². The number of sulfonamides is 2. The van der Waals surface area contributed by atoms with Gasteiger partial charge in [-0.05, 0) is 67.6 Å². The van der Waals surface area contributed by atoms with Gasteiger partial charge in [0.1, 0.15) is 17.7 Å². The number of benzene rings is 3. The van der Waals surface area contributed by atoms with Crippen molar-refractivity contribution < 1.29 is 40.3 Å². The topological polar surface area (TPSA) is 133 Å². The van der Waals surface area contributed by atoms with Gasteiger partial charge in [0, 0.05) is 19.5 Å². The lowest BCUT2D eigenvalue weighted by molar-refractivity contribution is 0.0389. The summed E-state index contributed by atoms with van der Waals surface area (Å²) in [4.78, 5) is 14.7. The summed E-state index contributed by atoms with van der Waals surface area (Å²) in [5, 5.41) is 9.86. The van der Waals surface area contributed by atoms with Crippen molar-refractivity contribution in [1.82, 2.24) is 9.21 Å². The number of para-hydroxylation sites is 1. The number of nitrogens with one attached hydrogen (secondary N) is 1. The monoisotopic (exact) mass is 623 g/mol. The summed E-state index contributed by atoms with van der Waals surface area (Å²) in [6, 6.07) is 12.2. The van der Waals surface area contributed by atoms with Crippen molar-refractivity contribution in [3.63, 3.8) is 0 Å². The molecule has 0 radical (unpaired) electrons. The van der Waals surface area contributed by atoms with Crippen molar-refractivity contribution in [2.24, 2.45) is 5.92 Å². The minimum atomic E-state index is -4.25. The standard InChI is InChI=1S/C28H31F2N3O7S2/c1-18-15-33(19(2)17-34)28(35)24-5-4-6-25(31-41(36,37)22-11-7-20(29)8-12-22)27(24)40-26(18)16-32(3)42(38,39)23-13-9-21(30)10-14-23/h4-14,18-19,26,31,34H,15-17H2,1-3H3/t18-,19-,26+/m1/s1. The molecule has 0 fully saturated rings. The highest BCUT2D eigenvalue weighted by Gasteiger charge is 2.36. The lowest BCUT2D eigenvalue weighted by Gasteiger charge is -2.38. The first kappa shape index (κ1) is 31.3. The van der Waals surface area contributed by atoms with E-state index < -0.39 is 55.7 Å². The number of likely N-dealkylation sites (N-methyl/N-ethyl adjacent to an activating group) is 1. The molecule has 0 unspecified atom stereocenters. The van der Waals surface area contributed by atoms with Crippen LogP contribution in [0.2, 0.25) is 0 Å². The molecule has 0 bridgehead atoms. The van der Waals surface area contributed by atoms with Crippen LogP contribution in [0.4, 0.5) is 14.5 Å². The molecular weight excluding hydrogens is 592 g/mol. The fraction of sp³-hybridized carbons (Fsp3) is 0.321. The molecule has 1 aliphatic rings. The Bertz CT molecular complexity index is 1650. The lowest BCUT2D eigenvalue weighted by atomic mass is 9.99. The van der Waals surface area contributed by atoms with Crippen LogP contribution in [0.15, 0.2) is 76.5 Å². The fourth-order valence-electron chi connectivity index (χ4n) is 4.50. The van der Waals surface area contributed by atoms with E-state index >= 15 is 0 Å². The van der Waals surface area contributed by atoms with E-state index in [1.54, 1.807) is 13.8 Å². The molecule has 3 aromatic rings. The van der Waals surface area contributed by atoms with Gasteiger partial charge in [-0.3, -0.25) is 9.52 Å². The van der Waals surface area contributed by atoms with E-state index in [-0.39, 0.29) is 46.5 Å². The number of aliphatic hydroxyl groups excluding tert-OH is 1. The first-order valence-electron chi connectivity index (χ1n) is 13.0. The van der Waals surface area contributed by atoms with Gasteiger partial charge in [-0.25, -0.2) is 25.6 Å². The summed E-state index contributed by atoms with van der Waals surface area (Å²) in [5.74, 6) is -2.37. The second kappa shape index (κ2) is 12.3. The van der Waals surface area contributed by atoms with E-state index in [0.29, 0.717) is 0 Å². The van der Waals surface area contributed by atoms with Crippen LogP contribution in [0.1, 0.15) is 24.2 Å². The Kier molecular flexibility index (Phi) is 9.21. The third-order valence-electron chi connectivity index (χ3n) is 7.02. The largest absolute Gasteiger partial charge is 0.486 e. The molecule has 3 aromatic carbocycles. The van der Waals surface area contributed by atoms with Gasteiger partial charge in [0.2, 0.25) is 10.0 Å². The Hall–Kier alpha value is -3.59. The molecule has 1 amide bonds. The molecule has 0 saturated carbocycles. The molecule has 226 valence electrons. The van der Waals surface area contributed by atoms with Crippen molar-refractivity contribution in [2.45, 2.75) is 35.8 Å². The van der Waals surface area contributed by atoms with Gasteiger partial charge >= 0.3 is 0 Å². The minimum Gasteiger partial charge on any atom is -0.486 e. The van der Waals surface area contributed by atoms with Gasteiger partial charge in [-0.15, -0.1) is 0 Å². The number of carbonyl (C=O) groups excluding carboxylic acids is 1. The first-order valence-corrected chi connectivity index (χ1v) is 15.9. The third-order valence-corrected chi connectivity index (χ3v) is 10.2. The molecule has 0 spiro atoms. The zero-order valence-electron chi connectivity index (χ0n) is 23.1. The zero-order valence-corrected chi connectivity index (χ0v) is 24.7. The van der Waals surface area contributed by atoms with Crippen LogP contribution < -0.4 is 9.46 Å². The molecule has 1 heterocycles. The van der Waals surface area contributed by atoms with Crippen LogP contribution in [-0.4, -0.2) is 75.9 Å². The summed E-state index contributed by atoms with van der Waals surface area (Å²) < 4.78 is 89.4. The van der Waals surface area contributed by atoms with Crippen molar-refractivity contribution in [3.05, 3.63) is 83.9 Å². The highest BCUT2D eigenvalue weighted by Crippen LogP contribution is 2.36. The fourth-order valence-corrected chi connectivity index (χ4v) is 6.74. The maximum Gasteiger partial charge on any atom is 0.262 e. The van der Waals surface area contributed by atoms with Crippen LogP contribution in [0.3, 0.4) is 0 Å². The van der Waals surface area contributed by atoms with Crippen molar-refractivity contribution in [1.29, 1.82) is 0 Å². The van der Waals surface area contributed by atoms with Gasteiger partial charge in [0.15, 0.2) is 5.75 Å². The number of carbonyl (C=O) groups is 1. The Morgan fingerprint density at radius 2 is 1.57 bits per heavy atom. The number of ether oxygens (including phenoxy) is 1. The predicted octanol–water partition coefficient (Wildman–Crippen LogP) is 3.31. The molecule has 3 atom stereocenters. The molecule has 1 aliphatic heterocycles. The van der Waals surface area contributed by atoms with Crippen LogP contribution in [-0.2, 0) is 20.0 Å². The SMILES string of the molecule is C[C@@H]1CN([C@H](C)CO)C(=O)c2cccc(NS(=O)(=O)c3ccc(F)cc3)c2O[C@H]1CN(C)S(=O)(=O)c1ccc(F)cc1. The number of anilines is 1. The summed E-state index contributed by atoms with van der Waals surface area (Å²) in [6.07, 6.45) is -0.901. The van der Waals surface area contributed by atoms with Crippen LogP contribution in [0, 0.1) is 17.6 Å². The molecular formula is C28H31F2N3O7S2. The second-order valence-electron chi connectivity index (χ2n) is 10.1. The molecule has 14 heteroatoms. The van der Waals surface area contributed by atoms with E-state index in [9.17, 15) is 35.5 Å². The van der Waals surface area contributed by atoms with E-state index in [1.807, 2.05) is 0 Å². The number of nitrogens with zero attached hydrogens (tertiary/aromatic N) is 2. The Balaban J connectivity index is 1.76. The predicted molar refractivity (Wildman–Crippen MR) is 151 cm³/mol. The number of halogens is 2. The summed E-state index contributed by atoms with van der Waals surface area (Å²) in [5.41, 5.74) is -0.0968. The quantitative estimate of drug-likeness (QED) is 0.374.